The fourth-order valence-electron chi connectivity index (χ4n) is 3.24. The molecule has 2 heterocycles. The number of rotatable bonds is 8. The highest BCUT2D eigenvalue weighted by Crippen LogP contribution is 2.32. The van der Waals surface area contributed by atoms with Crippen LogP contribution in [0.15, 0.2) is 55.1 Å². The van der Waals surface area contributed by atoms with E-state index < -0.39 is 0 Å². The van der Waals surface area contributed by atoms with Gasteiger partial charge in [-0.1, -0.05) is 29.0 Å². The number of benzene rings is 2. The topological polar surface area (TPSA) is 60.2 Å². The van der Waals surface area contributed by atoms with Crippen molar-refractivity contribution in [1.29, 1.82) is 0 Å². The highest BCUT2D eigenvalue weighted by Gasteiger charge is 2.21. The van der Waals surface area contributed by atoms with Crippen molar-refractivity contribution >= 4 is 56.6 Å². The summed E-state index contributed by atoms with van der Waals surface area (Å²) in [6.45, 7) is 5.38. The van der Waals surface area contributed by atoms with Gasteiger partial charge in [0.25, 0.3) is 5.91 Å². The van der Waals surface area contributed by atoms with Crippen molar-refractivity contribution in [3.63, 3.8) is 0 Å². The number of hydrogen-bond donors (Lipinski definition) is 0. The molecule has 4 aromatic rings. The van der Waals surface area contributed by atoms with E-state index in [1.54, 1.807) is 41.7 Å². The van der Waals surface area contributed by atoms with E-state index in [1.165, 1.54) is 16.9 Å². The van der Waals surface area contributed by atoms with Crippen molar-refractivity contribution in [2.75, 3.05) is 18.1 Å². The molecule has 0 bridgehead atoms. The fraction of sp³-hybridized carbons (Fsp3) is 0.261. The molecular weight excluding hydrogens is 467 g/mol. The maximum atomic E-state index is 13.1. The van der Waals surface area contributed by atoms with Crippen LogP contribution in [0.1, 0.15) is 17.5 Å². The lowest BCUT2D eigenvalue weighted by Gasteiger charge is -2.20. The third-order valence-electron chi connectivity index (χ3n) is 5.14. The first-order valence-electron chi connectivity index (χ1n) is 10.0. The summed E-state index contributed by atoms with van der Waals surface area (Å²) in [5, 5.41) is 1.32. The van der Waals surface area contributed by atoms with Crippen molar-refractivity contribution in [3.8, 4) is 5.75 Å². The molecule has 0 aliphatic heterocycles. The number of hydrogen-bond acceptors (Lipinski definition) is 5. The number of fused-ring (bicyclic) bond motifs is 1. The Morgan fingerprint density at radius 3 is 2.69 bits per heavy atom. The van der Waals surface area contributed by atoms with Crippen molar-refractivity contribution in [3.05, 3.63) is 71.3 Å². The normalized spacial score (nSPS) is 10.7. The highest BCUT2D eigenvalue weighted by molar-refractivity contribution is 7.22. The van der Waals surface area contributed by atoms with E-state index in [9.17, 15) is 4.79 Å². The number of thiazole rings is 1. The number of carbonyl (C=O) groups excluding carboxylic acids is 1. The van der Waals surface area contributed by atoms with Crippen molar-refractivity contribution < 1.29 is 9.53 Å². The molecule has 32 heavy (non-hydrogen) atoms. The Bertz CT molecular complexity index is 1180. The van der Waals surface area contributed by atoms with Gasteiger partial charge in [0, 0.05) is 30.5 Å². The molecule has 0 atom stereocenters. The number of anilines is 1. The number of ether oxygens (including phenoxy) is 1. The van der Waals surface area contributed by atoms with Gasteiger partial charge in [0.1, 0.15) is 5.75 Å². The van der Waals surface area contributed by atoms with Crippen LogP contribution in [0.5, 0.6) is 5.75 Å². The number of halogens is 2. The average molecular weight is 491 g/mol. The molecule has 0 aliphatic rings. The molecule has 0 spiro atoms. The number of aryl methyl sites for hydroxylation is 3. The minimum atomic E-state index is -0.131. The van der Waals surface area contributed by atoms with Crippen LogP contribution in [0.25, 0.3) is 10.2 Å². The summed E-state index contributed by atoms with van der Waals surface area (Å²) in [6.07, 6.45) is 6.22. The second-order valence-corrected chi connectivity index (χ2v) is 8.74. The van der Waals surface area contributed by atoms with Gasteiger partial charge in [0.05, 0.1) is 16.5 Å². The lowest BCUT2D eigenvalue weighted by molar-refractivity contribution is -0.120. The fourth-order valence-corrected chi connectivity index (χ4v) is 4.44. The Hall–Kier alpha value is -2.61. The first kappa shape index (κ1) is 24.0. The monoisotopic (exact) mass is 490 g/mol. The molecule has 2 aromatic heterocycles. The highest BCUT2D eigenvalue weighted by atomic mass is 35.5. The van der Waals surface area contributed by atoms with Crippen molar-refractivity contribution in [2.45, 2.75) is 26.8 Å². The summed E-state index contributed by atoms with van der Waals surface area (Å²) in [7, 11) is 0. The van der Waals surface area contributed by atoms with E-state index in [-0.39, 0.29) is 24.9 Å². The maximum Gasteiger partial charge on any atom is 0.266 e. The molecule has 168 valence electrons. The van der Waals surface area contributed by atoms with Gasteiger partial charge in [-0.15, -0.1) is 12.4 Å². The van der Waals surface area contributed by atoms with Crippen LogP contribution < -0.4 is 9.64 Å². The number of amides is 1. The predicted molar refractivity (Wildman–Crippen MR) is 132 cm³/mol. The molecule has 0 unspecified atom stereocenters. The minimum absolute atomic E-state index is 0. The summed E-state index contributed by atoms with van der Waals surface area (Å²) in [6, 6.07) is 11.1. The van der Waals surface area contributed by atoms with Gasteiger partial charge >= 0.3 is 0 Å². The van der Waals surface area contributed by atoms with Crippen molar-refractivity contribution in [2.24, 2.45) is 0 Å². The summed E-state index contributed by atoms with van der Waals surface area (Å²) in [5.74, 6) is 0.473. The second-order valence-electron chi connectivity index (χ2n) is 7.29. The van der Waals surface area contributed by atoms with Crippen molar-refractivity contribution in [1.82, 2.24) is 14.5 Å². The molecule has 6 nitrogen and oxygen atoms in total. The Morgan fingerprint density at radius 1 is 1.19 bits per heavy atom. The van der Waals surface area contributed by atoms with Crippen LogP contribution in [0, 0.1) is 13.8 Å². The second kappa shape index (κ2) is 10.8. The molecule has 4 rings (SSSR count). The van der Waals surface area contributed by atoms with E-state index in [1.807, 2.05) is 10.8 Å². The van der Waals surface area contributed by atoms with Gasteiger partial charge in [-0.25, -0.2) is 9.97 Å². The summed E-state index contributed by atoms with van der Waals surface area (Å²) >= 11 is 7.45. The number of imidazole rings is 1. The molecule has 0 aliphatic carbocycles. The molecule has 0 radical (unpaired) electrons. The lowest BCUT2D eigenvalue weighted by Crippen LogP contribution is -2.36. The Kier molecular flexibility index (Phi) is 8.12. The van der Waals surface area contributed by atoms with Gasteiger partial charge < -0.3 is 9.30 Å². The van der Waals surface area contributed by atoms with Crippen LogP contribution >= 0.6 is 35.3 Å². The molecule has 0 saturated heterocycles. The molecule has 2 aromatic carbocycles. The third kappa shape index (κ3) is 5.59. The number of nitrogens with zero attached hydrogens (tertiary/aromatic N) is 4. The smallest absolute Gasteiger partial charge is 0.266 e. The summed E-state index contributed by atoms with van der Waals surface area (Å²) in [4.78, 5) is 23.7. The standard InChI is InChI=1S/C23H23ClN4O2S.ClH/c1-16-4-9-20-22(17(16)2)26-23(31-20)28(12-3-11-27-13-10-25-15-27)21(29)14-30-19-7-5-18(24)6-8-19;/h4-10,13,15H,3,11-12,14H2,1-2H3;1H. The van der Waals surface area contributed by atoms with Crippen LogP contribution in [0.3, 0.4) is 0 Å². The first-order chi connectivity index (χ1) is 15.0. The maximum absolute atomic E-state index is 13.1. The minimum Gasteiger partial charge on any atom is -0.484 e. The predicted octanol–water partition coefficient (Wildman–Crippen LogP) is 5.69. The zero-order valence-corrected chi connectivity index (χ0v) is 20.2. The Labute approximate surface area is 202 Å². The Balaban J connectivity index is 0.00000289. The summed E-state index contributed by atoms with van der Waals surface area (Å²) in [5.41, 5.74) is 3.28. The van der Waals surface area contributed by atoms with Gasteiger partial charge in [-0.3, -0.25) is 9.69 Å². The SMILES string of the molecule is Cc1ccc2sc(N(CCCn3ccnc3)C(=O)COc3ccc(Cl)cc3)nc2c1C.Cl. The number of aromatic nitrogens is 3. The van der Waals surface area contributed by atoms with E-state index in [0.717, 1.165) is 28.7 Å². The van der Waals surface area contributed by atoms with E-state index in [0.29, 0.717) is 22.4 Å². The molecule has 0 N–H and O–H groups in total. The van der Waals surface area contributed by atoms with Crippen LogP contribution in [-0.2, 0) is 11.3 Å². The molecule has 0 saturated carbocycles. The van der Waals surface area contributed by atoms with Crippen LogP contribution in [0.2, 0.25) is 5.02 Å². The molecule has 1 amide bonds. The number of carbonyl (C=O) groups is 1. The van der Waals surface area contributed by atoms with E-state index in [4.69, 9.17) is 21.3 Å². The lowest BCUT2D eigenvalue weighted by atomic mass is 10.1. The largest absolute Gasteiger partial charge is 0.484 e. The molecule has 9 heteroatoms. The molecule has 0 fully saturated rings. The van der Waals surface area contributed by atoms with Crippen LogP contribution in [-0.4, -0.2) is 33.6 Å². The zero-order valence-electron chi connectivity index (χ0n) is 17.8. The first-order valence-corrected chi connectivity index (χ1v) is 11.2. The quantitative estimate of drug-likeness (QED) is 0.318. The summed E-state index contributed by atoms with van der Waals surface area (Å²) < 4.78 is 8.78. The van der Waals surface area contributed by atoms with E-state index >= 15 is 0 Å². The van der Waals surface area contributed by atoms with E-state index in [2.05, 4.69) is 31.0 Å². The zero-order chi connectivity index (χ0) is 21.8. The van der Waals surface area contributed by atoms with Crippen LogP contribution in [0.4, 0.5) is 5.13 Å². The van der Waals surface area contributed by atoms with Gasteiger partial charge in [-0.05, 0) is 61.7 Å². The van der Waals surface area contributed by atoms with Gasteiger partial charge in [0.2, 0.25) is 0 Å². The third-order valence-corrected chi connectivity index (χ3v) is 6.43. The molecular formula is C23H24Cl2N4O2S. The Morgan fingerprint density at radius 2 is 1.97 bits per heavy atom. The van der Waals surface area contributed by atoms with Gasteiger partial charge in [0.15, 0.2) is 11.7 Å². The average Bonchev–Trinajstić information content (AvgIpc) is 3.43. The van der Waals surface area contributed by atoms with Gasteiger partial charge in [-0.2, -0.15) is 0 Å².